The summed E-state index contributed by atoms with van der Waals surface area (Å²) in [6.07, 6.45) is 0.755. The van der Waals surface area contributed by atoms with E-state index < -0.39 is 10.0 Å². The molecule has 1 heterocycles. The predicted molar refractivity (Wildman–Crippen MR) is 89.2 cm³/mol. The van der Waals surface area contributed by atoms with Gasteiger partial charge in [-0.1, -0.05) is 24.3 Å². The van der Waals surface area contributed by atoms with Gasteiger partial charge >= 0.3 is 0 Å². The lowest BCUT2D eigenvalue weighted by atomic mass is 10.00. The van der Waals surface area contributed by atoms with Gasteiger partial charge in [0, 0.05) is 17.8 Å². The van der Waals surface area contributed by atoms with Crippen LogP contribution in [0.15, 0.2) is 41.3 Å². The fraction of sp³-hybridized carbons (Fsp3) is 0.235. The van der Waals surface area contributed by atoms with Gasteiger partial charge in [0.25, 0.3) is 15.9 Å². The number of benzene rings is 2. The van der Waals surface area contributed by atoms with Gasteiger partial charge in [-0.2, -0.15) is 0 Å². The van der Waals surface area contributed by atoms with Crippen LogP contribution in [0, 0.1) is 13.8 Å². The van der Waals surface area contributed by atoms with Crippen LogP contribution in [0.3, 0.4) is 0 Å². The maximum absolute atomic E-state index is 12.7. The lowest BCUT2D eigenvalue weighted by Crippen LogP contribution is -2.31. The van der Waals surface area contributed by atoms with E-state index in [4.69, 9.17) is 0 Å². The summed E-state index contributed by atoms with van der Waals surface area (Å²) in [6.45, 7) is 4.14. The molecule has 0 saturated carbocycles. The van der Waals surface area contributed by atoms with Crippen LogP contribution < -0.4 is 10.0 Å². The Morgan fingerprint density at radius 1 is 1.09 bits per heavy atom. The number of anilines is 1. The van der Waals surface area contributed by atoms with E-state index in [1.165, 1.54) is 0 Å². The zero-order valence-electron chi connectivity index (χ0n) is 13.0. The van der Waals surface area contributed by atoms with Crippen LogP contribution in [0.5, 0.6) is 0 Å². The summed E-state index contributed by atoms with van der Waals surface area (Å²) < 4.78 is 27.9. The number of aryl methyl sites for hydroxylation is 2. The van der Waals surface area contributed by atoms with E-state index in [2.05, 4.69) is 10.0 Å². The van der Waals surface area contributed by atoms with Crippen molar-refractivity contribution < 1.29 is 13.2 Å². The number of sulfonamides is 1. The molecule has 2 aromatic rings. The molecule has 1 aliphatic rings. The highest BCUT2D eigenvalue weighted by atomic mass is 32.2. The Hall–Kier alpha value is -2.34. The topological polar surface area (TPSA) is 75.3 Å². The highest BCUT2D eigenvalue weighted by Gasteiger charge is 2.21. The first-order chi connectivity index (χ1) is 10.9. The second kappa shape index (κ2) is 5.70. The Balaban J connectivity index is 1.99. The van der Waals surface area contributed by atoms with E-state index in [-0.39, 0.29) is 10.8 Å². The minimum atomic E-state index is -3.70. The summed E-state index contributed by atoms with van der Waals surface area (Å²) in [5.41, 5.74) is 3.23. The quantitative estimate of drug-likeness (QED) is 0.907. The zero-order chi connectivity index (χ0) is 16.6. The molecule has 0 unspecified atom stereocenters. The Morgan fingerprint density at radius 3 is 2.48 bits per heavy atom. The monoisotopic (exact) mass is 330 g/mol. The molecular formula is C17H18N2O3S. The SMILES string of the molecule is Cc1cccc(C)c1S(=O)(=O)Nc1ccc2c(c1)C(=O)NCC2. The average Bonchev–Trinajstić information content (AvgIpc) is 2.47. The van der Waals surface area contributed by atoms with Crippen molar-refractivity contribution in [2.45, 2.75) is 25.2 Å². The molecule has 5 nitrogen and oxygen atoms in total. The summed E-state index contributed by atoms with van der Waals surface area (Å²) in [7, 11) is -3.70. The number of hydrogen-bond donors (Lipinski definition) is 2. The molecular weight excluding hydrogens is 312 g/mol. The van der Waals surface area contributed by atoms with E-state index in [1.54, 1.807) is 44.2 Å². The molecule has 120 valence electrons. The first kappa shape index (κ1) is 15.6. The van der Waals surface area contributed by atoms with Crippen molar-refractivity contribution >= 4 is 21.6 Å². The normalized spacial score (nSPS) is 14.1. The van der Waals surface area contributed by atoms with E-state index in [0.29, 0.717) is 28.9 Å². The lowest BCUT2D eigenvalue weighted by molar-refractivity contribution is 0.0946. The largest absolute Gasteiger partial charge is 0.352 e. The molecule has 2 N–H and O–H groups in total. The first-order valence-corrected chi connectivity index (χ1v) is 8.87. The van der Waals surface area contributed by atoms with Crippen molar-refractivity contribution in [2.24, 2.45) is 0 Å². The minimum absolute atomic E-state index is 0.167. The molecule has 0 aliphatic carbocycles. The maximum atomic E-state index is 12.7. The van der Waals surface area contributed by atoms with Gasteiger partial charge in [-0.3, -0.25) is 9.52 Å². The highest BCUT2D eigenvalue weighted by molar-refractivity contribution is 7.92. The second-order valence-electron chi connectivity index (χ2n) is 5.70. The third-order valence-electron chi connectivity index (χ3n) is 3.96. The first-order valence-electron chi connectivity index (χ1n) is 7.38. The van der Waals surface area contributed by atoms with Crippen molar-refractivity contribution in [3.05, 3.63) is 58.7 Å². The third-order valence-corrected chi connectivity index (χ3v) is 5.65. The van der Waals surface area contributed by atoms with Gasteiger partial charge < -0.3 is 5.32 Å². The number of carbonyl (C=O) groups is 1. The van der Waals surface area contributed by atoms with Gasteiger partial charge in [0.15, 0.2) is 0 Å². The van der Waals surface area contributed by atoms with Gasteiger partial charge in [-0.05, 0) is 49.1 Å². The molecule has 0 atom stereocenters. The Labute approximate surface area is 135 Å². The van der Waals surface area contributed by atoms with E-state index >= 15 is 0 Å². The molecule has 0 saturated heterocycles. The number of rotatable bonds is 3. The zero-order valence-corrected chi connectivity index (χ0v) is 13.8. The van der Waals surface area contributed by atoms with Crippen LogP contribution >= 0.6 is 0 Å². The van der Waals surface area contributed by atoms with Crippen molar-refractivity contribution in [1.29, 1.82) is 0 Å². The Bertz CT molecular complexity index is 868. The van der Waals surface area contributed by atoms with Gasteiger partial charge in [0.05, 0.1) is 4.90 Å². The smallest absolute Gasteiger partial charge is 0.262 e. The molecule has 2 aromatic carbocycles. The second-order valence-corrected chi connectivity index (χ2v) is 7.32. The van der Waals surface area contributed by atoms with Crippen LogP contribution in [0.25, 0.3) is 0 Å². The molecule has 3 rings (SSSR count). The average molecular weight is 330 g/mol. The Morgan fingerprint density at radius 2 is 1.78 bits per heavy atom. The molecule has 0 aromatic heterocycles. The number of hydrogen-bond acceptors (Lipinski definition) is 3. The predicted octanol–water partition coefficient (Wildman–Crippen LogP) is 2.39. The number of carbonyl (C=O) groups excluding carboxylic acids is 1. The van der Waals surface area contributed by atoms with Gasteiger partial charge in [0.1, 0.15) is 0 Å². The molecule has 6 heteroatoms. The van der Waals surface area contributed by atoms with Crippen LogP contribution in [0.4, 0.5) is 5.69 Å². The lowest BCUT2D eigenvalue weighted by Gasteiger charge is -2.18. The van der Waals surface area contributed by atoms with Crippen LogP contribution in [0.2, 0.25) is 0 Å². The van der Waals surface area contributed by atoms with Crippen molar-refractivity contribution in [3.8, 4) is 0 Å². The van der Waals surface area contributed by atoms with Crippen molar-refractivity contribution in [1.82, 2.24) is 5.32 Å². The molecule has 0 radical (unpaired) electrons. The van der Waals surface area contributed by atoms with E-state index in [1.807, 2.05) is 6.07 Å². The summed E-state index contributed by atoms with van der Waals surface area (Å²) in [4.78, 5) is 12.2. The fourth-order valence-corrected chi connectivity index (χ4v) is 4.43. The summed E-state index contributed by atoms with van der Waals surface area (Å²) in [6, 6.07) is 10.4. The van der Waals surface area contributed by atoms with E-state index in [0.717, 1.165) is 12.0 Å². The highest BCUT2D eigenvalue weighted by Crippen LogP contribution is 2.25. The van der Waals surface area contributed by atoms with Crippen molar-refractivity contribution in [2.75, 3.05) is 11.3 Å². The molecule has 1 aliphatic heterocycles. The van der Waals surface area contributed by atoms with Crippen LogP contribution in [-0.2, 0) is 16.4 Å². The summed E-state index contributed by atoms with van der Waals surface area (Å²) in [5, 5.41) is 2.76. The third kappa shape index (κ3) is 2.94. The Kier molecular flexibility index (Phi) is 3.85. The molecule has 0 spiro atoms. The number of nitrogens with one attached hydrogen (secondary N) is 2. The minimum Gasteiger partial charge on any atom is -0.352 e. The summed E-state index contributed by atoms with van der Waals surface area (Å²) in [5.74, 6) is -0.167. The van der Waals surface area contributed by atoms with Crippen molar-refractivity contribution in [3.63, 3.8) is 0 Å². The fourth-order valence-electron chi connectivity index (χ4n) is 2.90. The molecule has 0 fully saturated rings. The standard InChI is InChI=1S/C17H18N2O3S/c1-11-4-3-5-12(2)16(11)23(21,22)19-14-7-6-13-8-9-18-17(20)15(13)10-14/h3-7,10,19H,8-9H2,1-2H3,(H,18,20). The maximum Gasteiger partial charge on any atom is 0.262 e. The molecule has 23 heavy (non-hydrogen) atoms. The van der Waals surface area contributed by atoms with E-state index in [9.17, 15) is 13.2 Å². The summed E-state index contributed by atoms with van der Waals surface area (Å²) >= 11 is 0. The molecule has 0 bridgehead atoms. The van der Waals surface area contributed by atoms with Gasteiger partial charge in [0.2, 0.25) is 0 Å². The number of fused-ring (bicyclic) bond motifs is 1. The van der Waals surface area contributed by atoms with Gasteiger partial charge in [-0.15, -0.1) is 0 Å². The molecule has 1 amide bonds. The number of amides is 1. The van der Waals surface area contributed by atoms with Gasteiger partial charge in [-0.25, -0.2) is 8.42 Å². The van der Waals surface area contributed by atoms with Crippen LogP contribution in [-0.4, -0.2) is 20.9 Å². The van der Waals surface area contributed by atoms with Crippen LogP contribution in [0.1, 0.15) is 27.0 Å².